The molecule has 0 radical (unpaired) electrons. The topological polar surface area (TPSA) is 104 Å². The van der Waals surface area contributed by atoms with E-state index in [0.29, 0.717) is 19.0 Å². The summed E-state index contributed by atoms with van der Waals surface area (Å²) in [6.45, 7) is 14.9. The fraction of sp³-hybridized carbons (Fsp3) is 0.529. The van der Waals surface area contributed by atoms with Crippen molar-refractivity contribution < 1.29 is 19.4 Å². The van der Waals surface area contributed by atoms with Crippen LogP contribution in [0.15, 0.2) is 24.5 Å². The number of piperidine rings is 1. The zero-order valence-electron chi connectivity index (χ0n) is 26.6. The first-order valence-electron chi connectivity index (χ1n) is 15.7. The first-order chi connectivity index (χ1) is 21.1. The Balaban J connectivity index is 1.34. The minimum Gasteiger partial charge on any atom is -0.490 e. The van der Waals surface area contributed by atoms with Crippen LogP contribution in [-0.4, -0.2) is 79.1 Å². The molecule has 1 N–H and O–H groups in total. The number of methoxy groups -OCH3 is 1. The number of benzene rings is 1. The Labute approximate surface area is 260 Å². The van der Waals surface area contributed by atoms with Crippen LogP contribution in [0.3, 0.4) is 0 Å². The third-order valence-corrected chi connectivity index (χ3v) is 9.51. The highest BCUT2D eigenvalue weighted by Crippen LogP contribution is 2.43. The smallest absolute Gasteiger partial charge is 0.307 e. The van der Waals surface area contributed by atoms with Gasteiger partial charge in [0.05, 0.1) is 32.4 Å². The number of anilines is 3. The minimum absolute atomic E-state index is 0.0333. The van der Waals surface area contributed by atoms with Crippen molar-refractivity contribution in [2.75, 3.05) is 67.7 Å². The second-order valence-corrected chi connectivity index (χ2v) is 13.0. The van der Waals surface area contributed by atoms with Gasteiger partial charge in [-0.1, -0.05) is 32.0 Å². The first kappa shape index (κ1) is 30.1. The van der Waals surface area contributed by atoms with Crippen LogP contribution in [-0.2, 0) is 28.9 Å². The standard InChI is InChI=1S/C34H44N6O4/c1-22-27(19-28(41)42)30(38-12-9-34(3,4)10-13-38)29(23(2)37-22)25-6-7-26-20-40(11-8-24(26)18-25)33-31(43-5)32(35-21-36-33)39-14-16-44-17-15-39/h6-7,18,21H,8-17,19-20H2,1-5H3,(H,41,42). The fourth-order valence-electron chi connectivity index (χ4n) is 6.91. The van der Waals surface area contributed by atoms with Gasteiger partial charge in [0.25, 0.3) is 0 Å². The molecule has 2 aromatic heterocycles. The van der Waals surface area contributed by atoms with Crippen LogP contribution in [0.25, 0.3) is 11.1 Å². The van der Waals surface area contributed by atoms with E-state index in [1.165, 1.54) is 11.1 Å². The van der Waals surface area contributed by atoms with E-state index in [1.54, 1.807) is 13.4 Å². The Morgan fingerprint density at radius 2 is 1.66 bits per heavy atom. The molecule has 3 aliphatic heterocycles. The summed E-state index contributed by atoms with van der Waals surface area (Å²) in [6.07, 6.45) is 4.59. The number of hydrogen-bond acceptors (Lipinski definition) is 9. The molecular weight excluding hydrogens is 556 g/mol. The molecule has 0 bridgehead atoms. The van der Waals surface area contributed by atoms with Crippen LogP contribution in [0.5, 0.6) is 5.75 Å². The maximum atomic E-state index is 12.0. The molecular formula is C34H44N6O4. The first-order valence-corrected chi connectivity index (χ1v) is 15.7. The highest BCUT2D eigenvalue weighted by atomic mass is 16.5. The predicted molar refractivity (Wildman–Crippen MR) is 172 cm³/mol. The van der Waals surface area contributed by atoms with Gasteiger partial charge < -0.3 is 29.3 Å². The lowest BCUT2D eigenvalue weighted by molar-refractivity contribution is -0.136. The molecule has 234 valence electrons. The van der Waals surface area contributed by atoms with Crippen LogP contribution in [0.2, 0.25) is 0 Å². The Morgan fingerprint density at radius 1 is 0.955 bits per heavy atom. The number of ether oxygens (including phenoxy) is 2. The van der Waals surface area contributed by atoms with Crippen LogP contribution in [0, 0.1) is 19.3 Å². The molecule has 5 heterocycles. The van der Waals surface area contributed by atoms with E-state index >= 15 is 0 Å². The zero-order valence-corrected chi connectivity index (χ0v) is 26.6. The molecule has 2 saturated heterocycles. The van der Waals surface area contributed by atoms with E-state index < -0.39 is 5.97 Å². The normalized spacial score (nSPS) is 18.2. The molecule has 0 atom stereocenters. The number of carboxylic acid groups (broad SMARTS) is 1. The SMILES string of the molecule is COc1c(N2CCOCC2)ncnc1N1CCc2cc(-c3c(C)nc(C)c(CC(=O)O)c3N3CCC(C)(C)CC3)ccc2C1. The Bertz CT molecular complexity index is 1540. The third-order valence-electron chi connectivity index (χ3n) is 9.51. The van der Waals surface area contributed by atoms with E-state index in [2.05, 4.69) is 63.6 Å². The number of pyridine rings is 1. The van der Waals surface area contributed by atoms with E-state index in [0.717, 1.165) is 104 Å². The lowest BCUT2D eigenvalue weighted by Crippen LogP contribution is -2.38. The van der Waals surface area contributed by atoms with Crippen LogP contribution >= 0.6 is 0 Å². The summed E-state index contributed by atoms with van der Waals surface area (Å²) in [6, 6.07) is 6.69. The second kappa shape index (κ2) is 12.2. The maximum Gasteiger partial charge on any atom is 0.307 e. The van der Waals surface area contributed by atoms with Crippen molar-refractivity contribution >= 4 is 23.3 Å². The molecule has 0 spiro atoms. The van der Waals surface area contributed by atoms with Crippen LogP contribution < -0.4 is 19.4 Å². The molecule has 10 nitrogen and oxygen atoms in total. The van der Waals surface area contributed by atoms with Crippen molar-refractivity contribution in [2.45, 2.75) is 59.9 Å². The third kappa shape index (κ3) is 5.92. The average molecular weight is 601 g/mol. The van der Waals surface area contributed by atoms with Gasteiger partial charge in [0.15, 0.2) is 11.6 Å². The van der Waals surface area contributed by atoms with Crippen molar-refractivity contribution in [1.29, 1.82) is 0 Å². The Kier molecular flexibility index (Phi) is 8.37. The summed E-state index contributed by atoms with van der Waals surface area (Å²) in [5, 5.41) is 9.86. The van der Waals surface area contributed by atoms with Crippen molar-refractivity contribution in [3.8, 4) is 16.9 Å². The molecule has 1 aromatic carbocycles. The minimum atomic E-state index is -0.828. The Hall–Kier alpha value is -3.92. The number of morpholine rings is 1. The molecule has 0 aliphatic carbocycles. The number of hydrogen-bond donors (Lipinski definition) is 1. The molecule has 0 unspecified atom stereocenters. The van der Waals surface area contributed by atoms with Gasteiger partial charge in [0.2, 0.25) is 5.75 Å². The number of aliphatic carboxylic acids is 1. The number of carbonyl (C=O) groups is 1. The molecule has 2 fully saturated rings. The number of aromatic nitrogens is 3. The van der Waals surface area contributed by atoms with Gasteiger partial charge in [-0.15, -0.1) is 0 Å². The van der Waals surface area contributed by atoms with E-state index in [1.807, 2.05) is 6.92 Å². The molecule has 3 aliphatic rings. The van der Waals surface area contributed by atoms with Gasteiger partial charge in [0, 0.05) is 61.8 Å². The lowest BCUT2D eigenvalue weighted by Gasteiger charge is -2.40. The summed E-state index contributed by atoms with van der Waals surface area (Å²) in [5.74, 6) is 1.50. The number of carboxylic acids is 1. The summed E-state index contributed by atoms with van der Waals surface area (Å²) in [4.78, 5) is 33.0. The Morgan fingerprint density at radius 3 is 2.34 bits per heavy atom. The van der Waals surface area contributed by atoms with E-state index in [-0.39, 0.29) is 11.8 Å². The van der Waals surface area contributed by atoms with Crippen molar-refractivity contribution in [3.63, 3.8) is 0 Å². The van der Waals surface area contributed by atoms with Gasteiger partial charge in [-0.05, 0) is 55.2 Å². The van der Waals surface area contributed by atoms with Crippen LogP contribution in [0.1, 0.15) is 54.8 Å². The number of nitrogens with zero attached hydrogens (tertiary/aromatic N) is 6. The summed E-state index contributed by atoms with van der Waals surface area (Å²) in [7, 11) is 1.69. The summed E-state index contributed by atoms with van der Waals surface area (Å²) in [5.41, 5.74) is 8.61. The van der Waals surface area contributed by atoms with Gasteiger partial charge in [-0.25, -0.2) is 9.97 Å². The van der Waals surface area contributed by atoms with Crippen LogP contribution in [0.4, 0.5) is 17.3 Å². The van der Waals surface area contributed by atoms with Crippen molar-refractivity contribution in [2.24, 2.45) is 5.41 Å². The van der Waals surface area contributed by atoms with Gasteiger partial charge in [-0.2, -0.15) is 0 Å². The van der Waals surface area contributed by atoms with Crippen molar-refractivity contribution in [3.05, 3.63) is 52.6 Å². The fourth-order valence-corrected chi connectivity index (χ4v) is 6.91. The average Bonchev–Trinajstić information content (AvgIpc) is 3.01. The number of aryl methyl sites for hydroxylation is 2. The number of fused-ring (bicyclic) bond motifs is 1. The van der Waals surface area contributed by atoms with Gasteiger partial charge >= 0.3 is 5.97 Å². The van der Waals surface area contributed by atoms with Gasteiger partial charge in [0.1, 0.15) is 6.33 Å². The second-order valence-electron chi connectivity index (χ2n) is 13.0. The monoisotopic (exact) mass is 600 g/mol. The molecule has 3 aromatic rings. The number of rotatable bonds is 7. The highest BCUT2D eigenvalue weighted by Gasteiger charge is 2.31. The van der Waals surface area contributed by atoms with E-state index in [4.69, 9.17) is 14.5 Å². The maximum absolute atomic E-state index is 12.0. The zero-order chi connectivity index (χ0) is 31.0. The quantitative estimate of drug-likeness (QED) is 0.406. The van der Waals surface area contributed by atoms with Crippen molar-refractivity contribution in [1.82, 2.24) is 15.0 Å². The molecule has 6 rings (SSSR count). The van der Waals surface area contributed by atoms with Gasteiger partial charge in [-0.3, -0.25) is 9.78 Å². The largest absolute Gasteiger partial charge is 0.490 e. The molecule has 0 amide bonds. The van der Waals surface area contributed by atoms with E-state index in [9.17, 15) is 9.90 Å². The molecule has 10 heteroatoms. The summed E-state index contributed by atoms with van der Waals surface area (Å²) < 4.78 is 11.4. The molecule has 44 heavy (non-hydrogen) atoms. The highest BCUT2D eigenvalue weighted by molar-refractivity contribution is 5.87. The summed E-state index contributed by atoms with van der Waals surface area (Å²) >= 11 is 0. The lowest BCUT2D eigenvalue weighted by atomic mass is 9.82. The predicted octanol–water partition coefficient (Wildman–Crippen LogP) is 4.82. The molecule has 0 saturated carbocycles.